The van der Waals surface area contributed by atoms with Crippen LogP contribution in [0.2, 0.25) is 0 Å². The fraction of sp³-hybridized carbons (Fsp3) is 1.00. The van der Waals surface area contributed by atoms with Gasteiger partial charge in [-0.3, -0.25) is 4.90 Å². The number of hydrogen-bond donors (Lipinski definition) is 3. The summed E-state index contributed by atoms with van der Waals surface area (Å²) in [4.78, 5) is 2.45. The standard InChI is InChI=1S/C12H30N4/c1-6-13-9-10-16(11(4)14-7-2)12(5)15-8-3/h11-15H,6-10H2,1-5H3. The lowest BCUT2D eigenvalue weighted by Crippen LogP contribution is -2.54. The molecule has 0 aliphatic rings. The quantitative estimate of drug-likeness (QED) is 0.384. The van der Waals surface area contributed by atoms with Gasteiger partial charge in [-0.1, -0.05) is 20.8 Å². The maximum Gasteiger partial charge on any atom is 0.0582 e. The van der Waals surface area contributed by atoms with Gasteiger partial charge in [0.2, 0.25) is 0 Å². The van der Waals surface area contributed by atoms with Crippen LogP contribution in [0.15, 0.2) is 0 Å². The highest BCUT2D eigenvalue weighted by Crippen LogP contribution is 2.00. The SMILES string of the molecule is CCNCCN(C(C)NCC)C(C)NCC. The Morgan fingerprint density at radius 3 is 1.75 bits per heavy atom. The van der Waals surface area contributed by atoms with Crippen LogP contribution >= 0.6 is 0 Å². The first-order chi connectivity index (χ1) is 7.67. The molecule has 0 amide bonds. The molecule has 0 bridgehead atoms. The van der Waals surface area contributed by atoms with E-state index >= 15 is 0 Å². The van der Waals surface area contributed by atoms with Gasteiger partial charge in [0.25, 0.3) is 0 Å². The van der Waals surface area contributed by atoms with Crippen molar-refractivity contribution in [1.82, 2.24) is 20.9 Å². The molecule has 0 aromatic carbocycles. The number of hydrogen-bond acceptors (Lipinski definition) is 4. The first kappa shape index (κ1) is 15.8. The second kappa shape index (κ2) is 10.0. The molecule has 0 fully saturated rings. The Labute approximate surface area is 101 Å². The summed E-state index contributed by atoms with van der Waals surface area (Å²) in [5.74, 6) is 0. The Hall–Kier alpha value is -0.160. The third-order valence-corrected chi connectivity index (χ3v) is 2.79. The summed E-state index contributed by atoms with van der Waals surface area (Å²) in [6, 6.07) is 0. The molecule has 3 N–H and O–H groups in total. The Bertz CT molecular complexity index is 140. The smallest absolute Gasteiger partial charge is 0.0582 e. The third-order valence-electron chi connectivity index (χ3n) is 2.79. The lowest BCUT2D eigenvalue weighted by atomic mass is 10.3. The molecule has 16 heavy (non-hydrogen) atoms. The van der Waals surface area contributed by atoms with Gasteiger partial charge in [-0.2, -0.15) is 0 Å². The van der Waals surface area contributed by atoms with E-state index in [4.69, 9.17) is 0 Å². The van der Waals surface area contributed by atoms with Gasteiger partial charge in [0.05, 0.1) is 12.3 Å². The van der Waals surface area contributed by atoms with Crippen LogP contribution in [0.3, 0.4) is 0 Å². The van der Waals surface area contributed by atoms with Crippen molar-refractivity contribution in [3.05, 3.63) is 0 Å². The van der Waals surface area contributed by atoms with Crippen LogP contribution in [0.5, 0.6) is 0 Å². The monoisotopic (exact) mass is 230 g/mol. The van der Waals surface area contributed by atoms with E-state index in [0.717, 1.165) is 32.7 Å². The lowest BCUT2D eigenvalue weighted by Gasteiger charge is -2.35. The first-order valence-electron chi connectivity index (χ1n) is 6.60. The van der Waals surface area contributed by atoms with Crippen LogP contribution in [-0.2, 0) is 0 Å². The maximum absolute atomic E-state index is 3.47. The average molecular weight is 230 g/mol. The Kier molecular flexibility index (Phi) is 9.92. The van der Waals surface area contributed by atoms with Crippen LogP contribution in [0.4, 0.5) is 0 Å². The van der Waals surface area contributed by atoms with Gasteiger partial charge in [0.15, 0.2) is 0 Å². The molecule has 0 aliphatic carbocycles. The number of nitrogens with one attached hydrogen (secondary N) is 3. The molecule has 4 heteroatoms. The van der Waals surface area contributed by atoms with Crippen molar-refractivity contribution in [3.63, 3.8) is 0 Å². The number of likely N-dealkylation sites (N-methyl/N-ethyl adjacent to an activating group) is 1. The molecule has 0 saturated heterocycles. The molecule has 0 aromatic rings. The Balaban J connectivity index is 4.13. The van der Waals surface area contributed by atoms with Gasteiger partial charge < -0.3 is 16.0 Å². The molecule has 0 heterocycles. The zero-order chi connectivity index (χ0) is 12.4. The van der Waals surface area contributed by atoms with E-state index in [0.29, 0.717) is 12.3 Å². The second-order valence-corrected chi connectivity index (χ2v) is 4.06. The largest absolute Gasteiger partial charge is 0.316 e. The van der Waals surface area contributed by atoms with E-state index in [1.165, 1.54) is 0 Å². The predicted molar refractivity (Wildman–Crippen MR) is 71.5 cm³/mol. The predicted octanol–water partition coefficient (Wildman–Crippen LogP) is 0.809. The average Bonchev–Trinajstić information content (AvgIpc) is 2.25. The van der Waals surface area contributed by atoms with Crippen LogP contribution in [0.25, 0.3) is 0 Å². The zero-order valence-electron chi connectivity index (χ0n) is 11.6. The van der Waals surface area contributed by atoms with Gasteiger partial charge in [0, 0.05) is 13.1 Å². The minimum absolute atomic E-state index is 0.415. The minimum Gasteiger partial charge on any atom is -0.316 e. The highest BCUT2D eigenvalue weighted by Gasteiger charge is 2.17. The molecule has 0 aromatic heterocycles. The van der Waals surface area contributed by atoms with Gasteiger partial charge in [-0.05, 0) is 33.5 Å². The van der Waals surface area contributed by atoms with E-state index in [2.05, 4.69) is 55.5 Å². The molecular weight excluding hydrogens is 200 g/mol. The summed E-state index contributed by atoms with van der Waals surface area (Å²) in [5, 5.41) is 10.3. The summed E-state index contributed by atoms with van der Waals surface area (Å²) < 4.78 is 0. The topological polar surface area (TPSA) is 39.3 Å². The van der Waals surface area contributed by atoms with Crippen molar-refractivity contribution in [3.8, 4) is 0 Å². The van der Waals surface area contributed by atoms with E-state index in [9.17, 15) is 0 Å². The number of rotatable bonds is 10. The van der Waals surface area contributed by atoms with Crippen molar-refractivity contribution in [2.75, 3.05) is 32.7 Å². The highest BCUT2D eigenvalue weighted by molar-refractivity contribution is 4.71. The van der Waals surface area contributed by atoms with E-state index in [1.54, 1.807) is 0 Å². The summed E-state index contributed by atoms with van der Waals surface area (Å²) in [7, 11) is 0. The summed E-state index contributed by atoms with van der Waals surface area (Å²) in [6.45, 7) is 16.1. The minimum atomic E-state index is 0.415. The van der Waals surface area contributed by atoms with Crippen LogP contribution < -0.4 is 16.0 Å². The van der Waals surface area contributed by atoms with Crippen molar-refractivity contribution < 1.29 is 0 Å². The Morgan fingerprint density at radius 1 is 0.875 bits per heavy atom. The highest BCUT2D eigenvalue weighted by atomic mass is 15.3. The normalized spacial score (nSPS) is 15.4. The van der Waals surface area contributed by atoms with E-state index in [-0.39, 0.29) is 0 Å². The molecule has 0 saturated carbocycles. The molecule has 0 radical (unpaired) electrons. The summed E-state index contributed by atoms with van der Waals surface area (Å²) in [6.07, 6.45) is 0.829. The van der Waals surface area contributed by atoms with Crippen molar-refractivity contribution >= 4 is 0 Å². The summed E-state index contributed by atoms with van der Waals surface area (Å²) in [5.41, 5.74) is 0. The third kappa shape index (κ3) is 6.43. The van der Waals surface area contributed by atoms with E-state index in [1.807, 2.05) is 0 Å². The Morgan fingerprint density at radius 2 is 1.38 bits per heavy atom. The molecule has 0 aliphatic heterocycles. The molecule has 4 nitrogen and oxygen atoms in total. The molecule has 0 spiro atoms. The molecular formula is C12H30N4. The van der Waals surface area contributed by atoms with Gasteiger partial charge in [-0.15, -0.1) is 0 Å². The maximum atomic E-state index is 3.47. The van der Waals surface area contributed by atoms with Crippen molar-refractivity contribution in [1.29, 1.82) is 0 Å². The molecule has 2 unspecified atom stereocenters. The fourth-order valence-electron chi connectivity index (χ4n) is 1.93. The van der Waals surface area contributed by atoms with Gasteiger partial charge >= 0.3 is 0 Å². The van der Waals surface area contributed by atoms with Crippen LogP contribution in [0, 0.1) is 0 Å². The number of nitrogens with zero attached hydrogens (tertiary/aromatic N) is 1. The van der Waals surface area contributed by atoms with Crippen molar-refractivity contribution in [2.45, 2.75) is 47.0 Å². The first-order valence-corrected chi connectivity index (χ1v) is 6.60. The van der Waals surface area contributed by atoms with Gasteiger partial charge in [-0.25, -0.2) is 0 Å². The van der Waals surface area contributed by atoms with Crippen molar-refractivity contribution in [2.24, 2.45) is 0 Å². The molecule has 2 atom stereocenters. The van der Waals surface area contributed by atoms with Gasteiger partial charge in [0.1, 0.15) is 0 Å². The van der Waals surface area contributed by atoms with Crippen LogP contribution in [0.1, 0.15) is 34.6 Å². The summed E-state index contributed by atoms with van der Waals surface area (Å²) >= 11 is 0. The fourth-order valence-corrected chi connectivity index (χ4v) is 1.93. The molecule has 98 valence electrons. The van der Waals surface area contributed by atoms with E-state index < -0.39 is 0 Å². The molecule has 0 rings (SSSR count). The zero-order valence-corrected chi connectivity index (χ0v) is 11.6. The second-order valence-electron chi connectivity index (χ2n) is 4.06. The lowest BCUT2D eigenvalue weighted by molar-refractivity contribution is 0.111. The van der Waals surface area contributed by atoms with Crippen LogP contribution in [-0.4, -0.2) is 50.0 Å².